The van der Waals surface area contributed by atoms with Gasteiger partial charge in [0.05, 0.1) is 6.04 Å². The lowest BCUT2D eigenvalue weighted by molar-refractivity contribution is -0.0498. The zero-order chi connectivity index (χ0) is 17.1. The van der Waals surface area contributed by atoms with Crippen LogP contribution in [0.4, 0.5) is 13.2 Å². The molecular formula is C17H14F3NO2S. The summed E-state index contributed by atoms with van der Waals surface area (Å²) in [5, 5.41) is 2.87. The molecule has 0 saturated heterocycles. The fourth-order valence-electron chi connectivity index (χ4n) is 2.57. The summed E-state index contributed by atoms with van der Waals surface area (Å²) in [6, 6.07) is 9.99. The molecule has 1 heterocycles. The number of benzene rings is 2. The number of thioether (sulfide) groups is 1. The second-order valence-electron chi connectivity index (χ2n) is 5.22. The fraction of sp³-hybridized carbons (Fsp3) is 0.235. The van der Waals surface area contributed by atoms with Crippen molar-refractivity contribution >= 4 is 17.7 Å². The number of halogens is 3. The van der Waals surface area contributed by atoms with Gasteiger partial charge in [0.15, 0.2) is 0 Å². The third-order valence-electron chi connectivity index (χ3n) is 3.67. The maximum Gasteiger partial charge on any atom is 0.387 e. The predicted molar refractivity (Wildman–Crippen MR) is 85.0 cm³/mol. The molecule has 0 aromatic heterocycles. The zero-order valence-corrected chi connectivity index (χ0v) is 13.3. The smallest absolute Gasteiger partial charge is 0.387 e. The van der Waals surface area contributed by atoms with Gasteiger partial charge in [0.1, 0.15) is 11.6 Å². The van der Waals surface area contributed by atoms with Crippen LogP contribution in [-0.4, -0.2) is 18.3 Å². The molecule has 126 valence electrons. The minimum atomic E-state index is -2.91. The number of ether oxygens (including phenoxy) is 1. The number of hydrogen-bond donors (Lipinski definition) is 1. The summed E-state index contributed by atoms with van der Waals surface area (Å²) in [5.74, 6) is 0.0683. The van der Waals surface area contributed by atoms with Crippen molar-refractivity contribution in [1.82, 2.24) is 5.32 Å². The molecule has 0 radical (unpaired) electrons. The van der Waals surface area contributed by atoms with E-state index in [9.17, 15) is 18.0 Å². The number of carbonyl (C=O) groups is 1. The van der Waals surface area contributed by atoms with Crippen molar-refractivity contribution in [3.8, 4) is 5.75 Å². The quantitative estimate of drug-likeness (QED) is 0.886. The average Bonchev–Trinajstić information content (AvgIpc) is 2.56. The second kappa shape index (κ2) is 7.17. The van der Waals surface area contributed by atoms with Crippen LogP contribution in [0, 0.1) is 5.82 Å². The molecule has 0 saturated carbocycles. The van der Waals surface area contributed by atoms with Crippen LogP contribution in [0.3, 0.4) is 0 Å². The number of nitrogens with one attached hydrogen (secondary N) is 1. The fourth-order valence-corrected chi connectivity index (χ4v) is 3.71. The number of rotatable bonds is 4. The molecule has 0 unspecified atom stereocenters. The third-order valence-corrected chi connectivity index (χ3v) is 4.83. The molecule has 1 aliphatic rings. The topological polar surface area (TPSA) is 38.3 Å². The van der Waals surface area contributed by atoms with Gasteiger partial charge in [0.25, 0.3) is 5.91 Å². The Morgan fingerprint density at radius 2 is 1.96 bits per heavy atom. The molecule has 1 atom stereocenters. The average molecular weight is 353 g/mol. The molecule has 24 heavy (non-hydrogen) atoms. The first-order valence-electron chi connectivity index (χ1n) is 7.31. The Balaban J connectivity index is 1.73. The lowest BCUT2D eigenvalue weighted by atomic mass is 10.0. The predicted octanol–water partition coefficient (Wildman–Crippen LogP) is 4.39. The number of carbonyl (C=O) groups excluding carboxylic acids is 1. The van der Waals surface area contributed by atoms with Crippen molar-refractivity contribution in [2.45, 2.75) is 24.0 Å². The molecule has 0 fully saturated rings. The highest BCUT2D eigenvalue weighted by Crippen LogP contribution is 2.37. The Labute approximate surface area is 141 Å². The number of fused-ring (bicyclic) bond motifs is 1. The molecule has 0 spiro atoms. The van der Waals surface area contributed by atoms with Crippen LogP contribution in [0.15, 0.2) is 47.4 Å². The maximum atomic E-state index is 13.8. The van der Waals surface area contributed by atoms with Crippen molar-refractivity contribution in [2.75, 3.05) is 5.75 Å². The van der Waals surface area contributed by atoms with E-state index in [1.54, 1.807) is 12.1 Å². The Bertz CT molecular complexity index is 737. The van der Waals surface area contributed by atoms with Crippen LogP contribution in [-0.2, 0) is 0 Å². The molecule has 2 aromatic carbocycles. The van der Waals surface area contributed by atoms with E-state index in [2.05, 4.69) is 10.1 Å². The van der Waals surface area contributed by atoms with Crippen molar-refractivity contribution in [3.63, 3.8) is 0 Å². The van der Waals surface area contributed by atoms with Gasteiger partial charge < -0.3 is 10.1 Å². The normalized spacial score (nSPS) is 16.6. The van der Waals surface area contributed by atoms with Crippen molar-refractivity contribution in [3.05, 3.63) is 59.4 Å². The Hall–Kier alpha value is -2.15. The summed E-state index contributed by atoms with van der Waals surface area (Å²) in [6.07, 6.45) is 0.694. The van der Waals surface area contributed by atoms with Crippen molar-refractivity contribution in [1.29, 1.82) is 0 Å². The Morgan fingerprint density at radius 1 is 1.21 bits per heavy atom. The number of alkyl halides is 2. The zero-order valence-electron chi connectivity index (χ0n) is 12.5. The summed E-state index contributed by atoms with van der Waals surface area (Å²) in [4.78, 5) is 12.9. The standard InChI is InChI=1S/C17H14F3NO2S/c18-13-3-1-2-12-14(8-9-24-15(12)13)21-16(22)10-4-6-11(7-5-10)23-17(19)20/h1-7,14,17H,8-9H2,(H,21,22)/t14-/m0/s1. The van der Waals surface area contributed by atoms with Crippen LogP contribution >= 0.6 is 11.8 Å². The Kier molecular flexibility index (Phi) is 4.99. The van der Waals surface area contributed by atoms with Gasteiger partial charge in [-0.2, -0.15) is 8.78 Å². The summed E-state index contributed by atoms with van der Waals surface area (Å²) in [5.41, 5.74) is 1.09. The van der Waals surface area contributed by atoms with Crippen LogP contribution in [0.5, 0.6) is 5.75 Å². The molecule has 0 aliphatic carbocycles. The van der Waals surface area contributed by atoms with E-state index in [0.29, 0.717) is 22.6 Å². The Morgan fingerprint density at radius 3 is 2.67 bits per heavy atom. The summed E-state index contributed by atoms with van der Waals surface area (Å²) in [6.45, 7) is -2.91. The van der Waals surface area contributed by atoms with Gasteiger partial charge in [-0.25, -0.2) is 4.39 Å². The van der Waals surface area contributed by atoms with Gasteiger partial charge in [-0.3, -0.25) is 4.79 Å². The van der Waals surface area contributed by atoms with Crippen molar-refractivity contribution in [2.24, 2.45) is 0 Å². The molecule has 1 amide bonds. The minimum Gasteiger partial charge on any atom is -0.435 e. The second-order valence-corrected chi connectivity index (χ2v) is 6.33. The van der Waals surface area contributed by atoms with E-state index in [1.807, 2.05) is 0 Å². The number of hydrogen-bond acceptors (Lipinski definition) is 3. The largest absolute Gasteiger partial charge is 0.435 e. The van der Waals surface area contributed by atoms with Gasteiger partial charge in [-0.1, -0.05) is 12.1 Å². The molecule has 1 N–H and O–H groups in total. The van der Waals surface area contributed by atoms with Crippen LogP contribution in [0.25, 0.3) is 0 Å². The van der Waals surface area contributed by atoms with Gasteiger partial charge in [-0.15, -0.1) is 11.8 Å². The summed E-state index contributed by atoms with van der Waals surface area (Å²) in [7, 11) is 0. The monoisotopic (exact) mass is 353 g/mol. The minimum absolute atomic E-state index is 0.0111. The first-order valence-corrected chi connectivity index (χ1v) is 8.30. The van der Waals surface area contributed by atoms with E-state index in [-0.39, 0.29) is 23.5 Å². The van der Waals surface area contributed by atoms with Crippen molar-refractivity contribution < 1.29 is 22.7 Å². The highest BCUT2D eigenvalue weighted by atomic mass is 32.2. The molecule has 7 heteroatoms. The van der Waals surface area contributed by atoms with Crippen LogP contribution in [0.1, 0.15) is 28.4 Å². The SMILES string of the molecule is O=C(N[C@H]1CCSc2c(F)cccc21)c1ccc(OC(F)F)cc1. The van der Waals surface area contributed by atoms with Gasteiger partial charge in [0, 0.05) is 16.2 Å². The highest BCUT2D eigenvalue weighted by molar-refractivity contribution is 7.99. The van der Waals surface area contributed by atoms with Gasteiger partial charge >= 0.3 is 6.61 Å². The summed E-state index contributed by atoms with van der Waals surface area (Å²) < 4.78 is 42.3. The number of amides is 1. The maximum absolute atomic E-state index is 13.8. The van der Waals surface area contributed by atoms with Crippen LogP contribution < -0.4 is 10.1 Å². The van der Waals surface area contributed by atoms with Gasteiger partial charge in [0.2, 0.25) is 0 Å². The van der Waals surface area contributed by atoms with Crippen LogP contribution in [0.2, 0.25) is 0 Å². The molecule has 3 nitrogen and oxygen atoms in total. The molecular weight excluding hydrogens is 339 g/mol. The van der Waals surface area contributed by atoms with E-state index in [1.165, 1.54) is 42.1 Å². The highest BCUT2D eigenvalue weighted by Gasteiger charge is 2.24. The summed E-state index contributed by atoms with van der Waals surface area (Å²) >= 11 is 1.44. The molecule has 2 aromatic rings. The van der Waals surface area contributed by atoms with E-state index in [4.69, 9.17) is 0 Å². The molecule has 3 rings (SSSR count). The third kappa shape index (κ3) is 3.67. The first-order chi connectivity index (χ1) is 11.5. The molecule has 1 aliphatic heterocycles. The van der Waals surface area contributed by atoms with E-state index in [0.717, 1.165) is 5.56 Å². The lowest BCUT2D eigenvalue weighted by Crippen LogP contribution is -2.30. The van der Waals surface area contributed by atoms with Gasteiger partial charge in [-0.05, 0) is 42.3 Å². The van der Waals surface area contributed by atoms with E-state index < -0.39 is 6.61 Å². The first kappa shape index (κ1) is 16.7. The van der Waals surface area contributed by atoms with E-state index >= 15 is 0 Å². The molecule has 0 bridgehead atoms. The lowest BCUT2D eigenvalue weighted by Gasteiger charge is -2.26.